The molecule has 4 N–H and O–H groups in total. The van der Waals surface area contributed by atoms with Gasteiger partial charge in [-0.15, -0.1) is 0 Å². The zero-order chi connectivity index (χ0) is 23.0. The standard InChI is InChI=1S/C22H18N4O6/c1-31-16-6-4-3-5-14(16)24-13-8-7-11(22(30)32-2)9-15(13)26-17(27)10-12-18(19(26)23)21(29)25-20(12)28/h3-10,24H,23H2,1-2H3,(H,25,28,29). The predicted octanol–water partition coefficient (Wildman–Crippen LogP) is 1.84. The molecule has 2 aromatic carbocycles. The van der Waals surface area contributed by atoms with Crippen LogP contribution in [-0.4, -0.2) is 36.6 Å². The van der Waals surface area contributed by atoms with Gasteiger partial charge in [-0.05, 0) is 30.3 Å². The molecule has 2 heterocycles. The highest BCUT2D eigenvalue weighted by Crippen LogP contribution is 2.32. The van der Waals surface area contributed by atoms with Gasteiger partial charge >= 0.3 is 5.97 Å². The number of fused-ring (bicyclic) bond motifs is 1. The number of hydrogen-bond acceptors (Lipinski definition) is 8. The molecule has 4 rings (SSSR count). The van der Waals surface area contributed by atoms with Crippen LogP contribution < -0.4 is 26.7 Å². The fourth-order valence-electron chi connectivity index (χ4n) is 3.49. The van der Waals surface area contributed by atoms with E-state index in [1.165, 1.54) is 26.4 Å². The lowest BCUT2D eigenvalue weighted by Gasteiger charge is -2.19. The number of nitrogens with two attached hydrogens (primary N) is 1. The molecule has 2 amide bonds. The van der Waals surface area contributed by atoms with Crippen molar-refractivity contribution >= 4 is 35.0 Å². The average Bonchev–Trinajstić information content (AvgIpc) is 3.07. The lowest BCUT2D eigenvalue weighted by molar-refractivity contribution is 0.0600. The summed E-state index contributed by atoms with van der Waals surface area (Å²) in [6, 6.07) is 12.6. The van der Waals surface area contributed by atoms with Crippen molar-refractivity contribution in [2.24, 2.45) is 0 Å². The Labute approximate surface area is 181 Å². The second-order valence-corrected chi connectivity index (χ2v) is 6.82. The molecule has 0 bridgehead atoms. The lowest BCUT2D eigenvalue weighted by atomic mass is 10.1. The molecule has 32 heavy (non-hydrogen) atoms. The minimum atomic E-state index is -0.709. The summed E-state index contributed by atoms with van der Waals surface area (Å²) in [5, 5.41) is 5.28. The van der Waals surface area contributed by atoms with Crippen LogP contribution in [0.1, 0.15) is 31.1 Å². The SMILES string of the molecule is COC(=O)c1ccc(Nc2ccccc2OC)c(-n2c(N)c3c(cc2=O)C(=O)NC3=O)c1. The molecule has 3 aromatic rings. The Balaban J connectivity index is 1.96. The number of pyridine rings is 1. The number of amides is 2. The number of carbonyl (C=O) groups excluding carboxylic acids is 3. The van der Waals surface area contributed by atoms with Crippen LogP contribution in [0.15, 0.2) is 53.3 Å². The van der Waals surface area contributed by atoms with Crippen molar-refractivity contribution in [2.45, 2.75) is 0 Å². The number of imide groups is 1. The number of nitrogens with one attached hydrogen (secondary N) is 2. The number of benzene rings is 2. The summed E-state index contributed by atoms with van der Waals surface area (Å²) >= 11 is 0. The Bertz CT molecular complexity index is 1340. The predicted molar refractivity (Wildman–Crippen MR) is 116 cm³/mol. The van der Waals surface area contributed by atoms with E-state index in [2.05, 4.69) is 10.6 Å². The van der Waals surface area contributed by atoms with Gasteiger partial charge in [-0.25, -0.2) is 4.79 Å². The highest BCUT2D eigenvalue weighted by atomic mass is 16.5. The van der Waals surface area contributed by atoms with Crippen molar-refractivity contribution in [3.8, 4) is 11.4 Å². The van der Waals surface area contributed by atoms with Gasteiger partial charge in [0.05, 0.1) is 48.0 Å². The van der Waals surface area contributed by atoms with Crippen LogP contribution >= 0.6 is 0 Å². The van der Waals surface area contributed by atoms with Crippen molar-refractivity contribution in [1.82, 2.24) is 9.88 Å². The first-order valence-electron chi connectivity index (χ1n) is 9.39. The average molecular weight is 434 g/mol. The maximum absolute atomic E-state index is 13.0. The van der Waals surface area contributed by atoms with E-state index in [4.69, 9.17) is 15.2 Å². The molecular formula is C22H18N4O6. The van der Waals surface area contributed by atoms with Gasteiger partial charge in [-0.1, -0.05) is 12.1 Å². The molecule has 0 saturated heterocycles. The number of methoxy groups -OCH3 is 2. The van der Waals surface area contributed by atoms with Gasteiger partial charge in [0.1, 0.15) is 11.6 Å². The molecule has 0 fully saturated rings. The van der Waals surface area contributed by atoms with Gasteiger partial charge in [0, 0.05) is 6.07 Å². The molecule has 162 valence electrons. The van der Waals surface area contributed by atoms with E-state index in [0.29, 0.717) is 17.1 Å². The molecule has 0 saturated carbocycles. The van der Waals surface area contributed by atoms with E-state index in [-0.39, 0.29) is 28.2 Å². The summed E-state index contributed by atoms with van der Waals surface area (Å²) in [5.41, 5.74) is 6.62. The largest absolute Gasteiger partial charge is 0.495 e. The molecule has 1 aliphatic rings. The van der Waals surface area contributed by atoms with E-state index >= 15 is 0 Å². The van der Waals surface area contributed by atoms with Crippen molar-refractivity contribution in [1.29, 1.82) is 0 Å². The van der Waals surface area contributed by atoms with Crippen LogP contribution in [0.25, 0.3) is 5.69 Å². The minimum Gasteiger partial charge on any atom is -0.495 e. The highest BCUT2D eigenvalue weighted by molar-refractivity contribution is 6.23. The molecule has 10 heteroatoms. The first kappa shape index (κ1) is 20.7. The number of hydrogen-bond donors (Lipinski definition) is 3. The van der Waals surface area contributed by atoms with Crippen molar-refractivity contribution in [3.63, 3.8) is 0 Å². The summed E-state index contributed by atoms with van der Waals surface area (Å²) in [6.45, 7) is 0. The Morgan fingerprint density at radius 2 is 1.75 bits per heavy atom. The summed E-state index contributed by atoms with van der Waals surface area (Å²) in [4.78, 5) is 49.3. The van der Waals surface area contributed by atoms with E-state index in [0.717, 1.165) is 10.6 Å². The Hall–Kier alpha value is -4.60. The van der Waals surface area contributed by atoms with Crippen LogP contribution in [0, 0.1) is 0 Å². The second kappa shape index (κ2) is 7.91. The third-order valence-corrected chi connectivity index (χ3v) is 4.99. The third kappa shape index (κ3) is 3.33. The van der Waals surface area contributed by atoms with E-state index in [1.807, 2.05) is 0 Å². The molecule has 0 atom stereocenters. The summed E-state index contributed by atoms with van der Waals surface area (Å²) < 4.78 is 11.2. The first-order valence-corrected chi connectivity index (χ1v) is 9.39. The monoisotopic (exact) mass is 434 g/mol. The number of carbonyl (C=O) groups is 3. The van der Waals surface area contributed by atoms with Crippen LogP contribution in [0.5, 0.6) is 5.75 Å². The second-order valence-electron chi connectivity index (χ2n) is 6.82. The maximum Gasteiger partial charge on any atom is 0.337 e. The number of rotatable bonds is 5. The number of nitrogens with zero attached hydrogens (tertiary/aromatic N) is 1. The first-order chi connectivity index (χ1) is 15.3. The minimum absolute atomic E-state index is 0.0999. The van der Waals surface area contributed by atoms with Gasteiger partial charge in [-0.3, -0.25) is 24.3 Å². The van der Waals surface area contributed by atoms with Crippen LogP contribution in [-0.2, 0) is 4.74 Å². The number of anilines is 3. The molecule has 0 radical (unpaired) electrons. The summed E-state index contributed by atoms with van der Waals surface area (Å²) in [6.07, 6.45) is 0. The van der Waals surface area contributed by atoms with Gasteiger partial charge in [0.15, 0.2) is 0 Å². The zero-order valence-corrected chi connectivity index (χ0v) is 17.1. The fraction of sp³-hybridized carbons (Fsp3) is 0.0909. The van der Waals surface area contributed by atoms with Crippen molar-refractivity contribution in [3.05, 3.63) is 75.6 Å². The van der Waals surface area contributed by atoms with E-state index in [1.54, 1.807) is 30.3 Å². The number of ether oxygens (including phenoxy) is 2. The topological polar surface area (TPSA) is 142 Å². The Morgan fingerprint density at radius 1 is 1.00 bits per heavy atom. The lowest BCUT2D eigenvalue weighted by Crippen LogP contribution is -2.25. The molecule has 0 aliphatic carbocycles. The van der Waals surface area contributed by atoms with Crippen molar-refractivity contribution < 1.29 is 23.9 Å². The van der Waals surface area contributed by atoms with Crippen LogP contribution in [0.3, 0.4) is 0 Å². The molecule has 1 aliphatic heterocycles. The van der Waals surface area contributed by atoms with E-state index < -0.39 is 23.3 Å². The highest BCUT2D eigenvalue weighted by Gasteiger charge is 2.32. The summed E-state index contributed by atoms with van der Waals surface area (Å²) in [7, 11) is 2.75. The van der Waals surface area contributed by atoms with Gasteiger partial charge in [0.2, 0.25) is 0 Å². The third-order valence-electron chi connectivity index (χ3n) is 4.99. The number of nitrogen functional groups attached to an aromatic ring is 1. The smallest absolute Gasteiger partial charge is 0.337 e. The summed E-state index contributed by atoms with van der Waals surface area (Å²) in [5.74, 6) is -1.73. The Kier molecular flexibility index (Phi) is 5.11. The maximum atomic E-state index is 13.0. The Morgan fingerprint density at radius 3 is 2.47 bits per heavy atom. The number of esters is 1. The molecule has 0 spiro atoms. The van der Waals surface area contributed by atoms with Crippen molar-refractivity contribution in [2.75, 3.05) is 25.3 Å². The molecule has 1 aromatic heterocycles. The van der Waals surface area contributed by atoms with Crippen LogP contribution in [0.2, 0.25) is 0 Å². The number of aromatic nitrogens is 1. The molecular weight excluding hydrogens is 416 g/mol. The van der Waals surface area contributed by atoms with Gasteiger partial charge in [-0.2, -0.15) is 0 Å². The quantitative estimate of drug-likeness (QED) is 0.408. The zero-order valence-electron chi connectivity index (χ0n) is 17.1. The van der Waals surface area contributed by atoms with Gasteiger partial charge < -0.3 is 20.5 Å². The number of para-hydroxylation sites is 2. The van der Waals surface area contributed by atoms with E-state index in [9.17, 15) is 19.2 Å². The molecule has 10 nitrogen and oxygen atoms in total. The van der Waals surface area contributed by atoms with Gasteiger partial charge in [0.25, 0.3) is 17.4 Å². The normalized spacial score (nSPS) is 12.2. The van der Waals surface area contributed by atoms with Crippen LogP contribution in [0.4, 0.5) is 17.2 Å². The fourth-order valence-corrected chi connectivity index (χ4v) is 3.49. The molecule has 0 unspecified atom stereocenters.